The molecular formula is C19H37N2O3+. The molecule has 0 aromatic rings. The molecule has 1 atom stereocenters. The first-order valence-corrected chi connectivity index (χ1v) is 9.83. The second kappa shape index (κ2) is 12.3. The number of carboxylic acid groups (broad SMARTS) is 1. The minimum absolute atomic E-state index is 0.00264. The number of nitrogens with zero attached hydrogens (tertiary/aromatic N) is 2. The lowest BCUT2D eigenvalue weighted by molar-refractivity contribution is -0.519. The van der Waals surface area contributed by atoms with Crippen LogP contribution < -0.4 is 0 Å². The molecule has 1 rings (SSSR count). The van der Waals surface area contributed by atoms with Crippen molar-refractivity contribution in [2.24, 2.45) is 0 Å². The third kappa shape index (κ3) is 8.13. The van der Waals surface area contributed by atoms with E-state index in [0.717, 1.165) is 31.9 Å². The van der Waals surface area contributed by atoms with Gasteiger partial charge in [-0.05, 0) is 12.8 Å². The molecule has 0 spiro atoms. The molecule has 1 aliphatic rings. The summed E-state index contributed by atoms with van der Waals surface area (Å²) in [5.74, 6) is -0.0564. The van der Waals surface area contributed by atoms with E-state index < -0.39 is 12.2 Å². The van der Waals surface area contributed by atoms with E-state index in [1.807, 2.05) is 4.90 Å². The zero-order chi connectivity index (χ0) is 17.8. The van der Waals surface area contributed by atoms with Gasteiger partial charge in [0.1, 0.15) is 19.5 Å². The van der Waals surface area contributed by atoms with Crippen LogP contribution >= 0.6 is 0 Å². The Balaban J connectivity index is 2.20. The van der Waals surface area contributed by atoms with Gasteiger partial charge < -0.3 is 10.2 Å². The molecule has 0 aliphatic carbocycles. The fourth-order valence-electron chi connectivity index (χ4n) is 3.45. The maximum absolute atomic E-state index is 11.1. The molecule has 1 heterocycles. The van der Waals surface area contributed by atoms with Gasteiger partial charge in [-0.15, -0.1) is 0 Å². The van der Waals surface area contributed by atoms with Crippen LogP contribution in [0.2, 0.25) is 0 Å². The predicted molar refractivity (Wildman–Crippen MR) is 97.5 cm³/mol. The molecule has 0 radical (unpaired) electrons. The van der Waals surface area contributed by atoms with Crippen LogP contribution in [0.15, 0.2) is 0 Å². The van der Waals surface area contributed by atoms with Crippen LogP contribution in [0.1, 0.15) is 84.5 Å². The average molecular weight is 342 g/mol. The maximum Gasteiger partial charge on any atom is 0.315 e. The lowest BCUT2D eigenvalue weighted by atomic mass is 10.1. The summed E-state index contributed by atoms with van der Waals surface area (Å²) in [7, 11) is 0. The van der Waals surface area contributed by atoms with Crippen LogP contribution in [0.25, 0.3) is 0 Å². The number of aliphatic hydroxyl groups is 1. The van der Waals surface area contributed by atoms with Gasteiger partial charge in [0.2, 0.25) is 0 Å². The van der Waals surface area contributed by atoms with Crippen molar-refractivity contribution in [3.8, 4) is 0 Å². The highest BCUT2D eigenvalue weighted by Gasteiger charge is 2.34. The van der Waals surface area contributed by atoms with Crippen molar-refractivity contribution in [2.45, 2.75) is 90.7 Å². The van der Waals surface area contributed by atoms with Gasteiger partial charge in [-0.2, -0.15) is 0 Å². The molecular weight excluding hydrogens is 304 g/mol. The van der Waals surface area contributed by atoms with E-state index in [4.69, 9.17) is 5.11 Å². The number of hydrogen-bond donors (Lipinski definition) is 2. The van der Waals surface area contributed by atoms with Crippen LogP contribution in [0.4, 0.5) is 0 Å². The summed E-state index contributed by atoms with van der Waals surface area (Å²) in [4.78, 5) is 12.9. The molecule has 0 aromatic carbocycles. The molecule has 5 nitrogen and oxygen atoms in total. The number of aliphatic carboxylic acids is 1. The Labute approximate surface area is 147 Å². The summed E-state index contributed by atoms with van der Waals surface area (Å²) in [6.45, 7) is 6.40. The number of carboxylic acids is 1. The minimum Gasteiger partial charge on any atom is -0.481 e. The van der Waals surface area contributed by atoms with Gasteiger partial charge in [0.05, 0.1) is 6.54 Å². The van der Waals surface area contributed by atoms with Crippen LogP contribution in [0.5, 0.6) is 0 Å². The van der Waals surface area contributed by atoms with Gasteiger partial charge in [-0.1, -0.05) is 58.3 Å². The molecule has 0 fully saturated rings. The highest BCUT2D eigenvalue weighted by atomic mass is 16.4. The molecule has 2 N–H and O–H groups in total. The zero-order valence-electron chi connectivity index (χ0n) is 15.7. The lowest BCUT2D eigenvalue weighted by Gasteiger charge is -2.15. The molecule has 140 valence electrons. The van der Waals surface area contributed by atoms with Gasteiger partial charge in [-0.25, -0.2) is 4.90 Å². The summed E-state index contributed by atoms with van der Waals surface area (Å²) >= 11 is 0. The summed E-state index contributed by atoms with van der Waals surface area (Å²) in [5.41, 5.74) is 0. The minimum atomic E-state index is -0.828. The fraction of sp³-hybridized carbons (Fsp3) is 0.895. The van der Waals surface area contributed by atoms with Crippen molar-refractivity contribution in [2.75, 3.05) is 19.6 Å². The van der Waals surface area contributed by atoms with Crippen molar-refractivity contribution in [3.63, 3.8) is 0 Å². The number of hydrogen-bond acceptors (Lipinski definition) is 3. The molecule has 0 bridgehead atoms. The van der Waals surface area contributed by atoms with E-state index in [-0.39, 0.29) is 6.42 Å². The smallest absolute Gasteiger partial charge is 0.315 e. The van der Waals surface area contributed by atoms with Gasteiger partial charge in [0.25, 0.3) is 5.84 Å². The SMILES string of the molecule is CCCCCCCCCCCC[N+]1=C(CC(=O)O)N(C(C)O)CC1. The second-order valence-corrected chi connectivity index (χ2v) is 6.98. The number of aliphatic hydroxyl groups excluding tert-OH is 1. The lowest BCUT2D eigenvalue weighted by Crippen LogP contribution is -2.38. The summed E-state index contributed by atoms with van der Waals surface area (Å²) in [6, 6.07) is 0. The van der Waals surface area contributed by atoms with E-state index in [9.17, 15) is 9.90 Å². The van der Waals surface area contributed by atoms with Gasteiger partial charge in [-0.3, -0.25) is 9.37 Å². The third-order valence-electron chi connectivity index (χ3n) is 4.85. The molecule has 0 saturated heterocycles. The molecule has 1 aliphatic heterocycles. The van der Waals surface area contributed by atoms with Crippen molar-refractivity contribution in [1.29, 1.82) is 0 Å². The molecule has 0 saturated carbocycles. The molecule has 1 unspecified atom stereocenters. The molecule has 0 aromatic heterocycles. The van der Waals surface area contributed by atoms with E-state index in [2.05, 4.69) is 11.5 Å². The van der Waals surface area contributed by atoms with Crippen molar-refractivity contribution in [3.05, 3.63) is 0 Å². The quantitative estimate of drug-likeness (QED) is 0.375. The Morgan fingerprint density at radius 3 is 2.12 bits per heavy atom. The highest BCUT2D eigenvalue weighted by Crippen LogP contribution is 2.12. The van der Waals surface area contributed by atoms with Gasteiger partial charge >= 0.3 is 5.97 Å². The molecule has 24 heavy (non-hydrogen) atoms. The molecule has 5 heteroatoms. The summed E-state index contributed by atoms with van der Waals surface area (Å²) in [5, 5.41) is 18.9. The van der Waals surface area contributed by atoms with Crippen LogP contribution in [-0.4, -0.2) is 57.4 Å². The van der Waals surface area contributed by atoms with Crippen molar-refractivity contribution in [1.82, 2.24) is 4.90 Å². The van der Waals surface area contributed by atoms with Crippen LogP contribution in [-0.2, 0) is 4.79 Å². The second-order valence-electron chi connectivity index (χ2n) is 6.98. The first kappa shape index (κ1) is 20.9. The van der Waals surface area contributed by atoms with E-state index in [1.54, 1.807) is 6.92 Å². The average Bonchev–Trinajstić information content (AvgIpc) is 2.91. The Morgan fingerprint density at radius 1 is 1.08 bits per heavy atom. The number of carbonyl (C=O) groups is 1. The van der Waals surface area contributed by atoms with Crippen molar-refractivity contribution < 1.29 is 19.6 Å². The van der Waals surface area contributed by atoms with Gasteiger partial charge in [0.15, 0.2) is 6.23 Å². The monoisotopic (exact) mass is 341 g/mol. The predicted octanol–water partition coefficient (Wildman–Crippen LogP) is 3.45. The standard InChI is InChI=1S/C19H36N2O3/c1-3-4-5-6-7-8-9-10-11-12-13-20-14-15-21(17(2)22)18(20)16-19(23)24/h17,22H,3-16H2,1-2H3/p+1. The topological polar surface area (TPSA) is 63.8 Å². The zero-order valence-corrected chi connectivity index (χ0v) is 15.7. The summed E-state index contributed by atoms with van der Waals surface area (Å²) in [6.07, 6.45) is 12.4. The first-order valence-electron chi connectivity index (χ1n) is 9.83. The van der Waals surface area contributed by atoms with E-state index >= 15 is 0 Å². The van der Waals surface area contributed by atoms with E-state index in [1.165, 1.54) is 57.8 Å². The highest BCUT2D eigenvalue weighted by molar-refractivity contribution is 5.94. The fourth-order valence-corrected chi connectivity index (χ4v) is 3.45. The van der Waals surface area contributed by atoms with Crippen LogP contribution in [0, 0.1) is 0 Å². The first-order chi connectivity index (χ1) is 11.6. The van der Waals surface area contributed by atoms with E-state index in [0.29, 0.717) is 0 Å². The normalized spacial score (nSPS) is 16.0. The van der Waals surface area contributed by atoms with Gasteiger partial charge in [0, 0.05) is 6.92 Å². The number of amidine groups is 1. The number of unbranched alkanes of at least 4 members (excludes halogenated alkanes) is 9. The molecule has 0 amide bonds. The maximum atomic E-state index is 11.1. The number of rotatable bonds is 14. The third-order valence-corrected chi connectivity index (χ3v) is 4.85. The van der Waals surface area contributed by atoms with Crippen molar-refractivity contribution >= 4 is 11.8 Å². The largest absolute Gasteiger partial charge is 0.481 e. The van der Waals surface area contributed by atoms with Crippen LogP contribution in [0.3, 0.4) is 0 Å². The Hall–Kier alpha value is -1.10. The Kier molecular flexibility index (Phi) is 10.7. The Morgan fingerprint density at radius 2 is 1.62 bits per heavy atom. The summed E-state index contributed by atoms with van der Waals surface area (Å²) < 4.78 is 2.14. The Bertz CT molecular complexity index is 394.